The van der Waals surface area contributed by atoms with Gasteiger partial charge in [-0.05, 0) is 24.3 Å². The third kappa shape index (κ3) is 1.66. The first-order chi connectivity index (χ1) is 7.22. The van der Waals surface area contributed by atoms with Gasteiger partial charge in [0, 0.05) is 11.6 Å². The van der Waals surface area contributed by atoms with Crippen LogP contribution in [-0.4, -0.2) is 18.1 Å². The van der Waals surface area contributed by atoms with Crippen LogP contribution in [0.15, 0.2) is 30.5 Å². The molecule has 0 aliphatic rings. The Bertz CT molecular complexity index is 525. The molecule has 4 heteroatoms. The van der Waals surface area contributed by atoms with E-state index in [-0.39, 0.29) is 5.82 Å². The molecular formula is C11H8FNO2. The number of methoxy groups -OCH3 is 1. The number of benzene rings is 1. The highest BCUT2D eigenvalue weighted by atomic mass is 19.1. The van der Waals surface area contributed by atoms with Crippen molar-refractivity contribution in [1.82, 2.24) is 4.98 Å². The fourth-order valence-corrected chi connectivity index (χ4v) is 1.36. The predicted molar refractivity (Wildman–Crippen MR) is 53.0 cm³/mol. The molecule has 0 N–H and O–H groups in total. The molecule has 1 aromatic carbocycles. The summed E-state index contributed by atoms with van der Waals surface area (Å²) in [6.45, 7) is 0. The number of esters is 1. The van der Waals surface area contributed by atoms with Crippen LogP contribution in [0.3, 0.4) is 0 Å². The van der Waals surface area contributed by atoms with Gasteiger partial charge in [0.1, 0.15) is 5.82 Å². The number of ether oxygens (including phenoxy) is 1. The molecule has 2 rings (SSSR count). The number of hydrogen-bond donors (Lipinski definition) is 0. The monoisotopic (exact) mass is 205 g/mol. The quantitative estimate of drug-likeness (QED) is 0.669. The summed E-state index contributed by atoms with van der Waals surface area (Å²) in [5.74, 6) is -0.806. The maximum atomic E-state index is 13.2. The third-order valence-electron chi connectivity index (χ3n) is 2.11. The molecule has 1 aromatic heterocycles. The van der Waals surface area contributed by atoms with E-state index in [4.69, 9.17) is 0 Å². The number of pyridine rings is 1. The lowest BCUT2D eigenvalue weighted by atomic mass is 10.1. The number of carbonyl (C=O) groups excluding carboxylic acids is 1. The predicted octanol–water partition coefficient (Wildman–Crippen LogP) is 2.16. The maximum absolute atomic E-state index is 13.2. The number of nitrogens with zero attached hydrogens (tertiary/aromatic N) is 1. The van der Waals surface area contributed by atoms with Gasteiger partial charge in [-0.25, -0.2) is 9.18 Å². The van der Waals surface area contributed by atoms with Gasteiger partial charge in [0.05, 0.1) is 18.2 Å². The molecular weight excluding hydrogens is 197 g/mol. The van der Waals surface area contributed by atoms with Gasteiger partial charge in [-0.15, -0.1) is 0 Å². The zero-order valence-electron chi connectivity index (χ0n) is 8.03. The summed E-state index contributed by atoms with van der Waals surface area (Å²) in [5.41, 5.74) is 0.806. The maximum Gasteiger partial charge on any atom is 0.337 e. The summed E-state index contributed by atoms with van der Waals surface area (Å²) in [7, 11) is 1.30. The van der Waals surface area contributed by atoms with Gasteiger partial charge in [0.15, 0.2) is 0 Å². The molecule has 15 heavy (non-hydrogen) atoms. The van der Waals surface area contributed by atoms with Crippen molar-refractivity contribution in [1.29, 1.82) is 0 Å². The lowest BCUT2D eigenvalue weighted by molar-refractivity contribution is 0.0601. The Kier molecular flexibility index (Phi) is 2.33. The van der Waals surface area contributed by atoms with Crippen LogP contribution in [-0.2, 0) is 4.74 Å². The van der Waals surface area contributed by atoms with Crippen molar-refractivity contribution in [3.05, 3.63) is 41.8 Å². The molecule has 0 aliphatic heterocycles. The number of fused-ring (bicyclic) bond motifs is 1. The Morgan fingerprint density at radius 2 is 2.20 bits per heavy atom. The minimum Gasteiger partial charge on any atom is -0.465 e. The van der Waals surface area contributed by atoms with E-state index in [1.807, 2.05) is 0 Å². The van der Waals surface area contributed by atoms with E-state index in [0.29, 0.717) is 16.5 Å². The first kappa shape index (κ1) is 9.58. The first-order valence-electron chi connectivity index (χ1n) is 4.35. The Labute approximate surface area is 85.5 Å². The third-order valence-corrected chi connectivity index (χ3v) is 2.11. The smallest absolute Gasteiger partial charge is 0.337 e. The lowest BCUT2D eigenvalue weighted by Gasteiger charge is -2.01. The Hall–Kier alpha value is -1.97. The van der Waals surface area contributed by atoms with Crippen molar-refractivity contribution in [2.45, 2.75) is 0 Å². The molecule has 2 aromatic rings. The molecule has 0 unspecified atom stereocenters. The average Bonchev–Trinajstić information content (AvgIpc) is 2.28. The van der Waals surface area contributed by atoms with E-state index in [9.17, 15) is 9.18 Å². The minimum atomic E-state index is -0.456. The van der Waals surface area contributed by atoms with E-state index < -0.39 is 5.97 Å². The summed E-state index contributed by atoms with van der Waals surface area (Å²) < 4.78 is 17.8. The van der Waals surface area contributed by atoms with Gasteiger partial charge in [-0.2, -0.15) is 0 Å². The topological polar surface area (TPSA) is 39.2 Å². The van der Waals surface area contributed by atoms with Gasteiger partial charge in [0.2, 0.25) is 0 Å². The van der Waals surface area contributed by atoms with Crippen LogP contribution in [0.25, 0.3) is 10.9 Å². The lowest BCUT2D eigenvalue weighted by Crippen LogP contribution is -2.01. The van der Waals surface area contributed by atoms with Crippen LogP contribution in [0.5, 0.6) is 0 Å². The molecule has 0 fully saturated rings. The van der Waals surface area contributed by atoms with Crippen LogP contribution in [0.1, 0.15) is 10.4 Å². The standard InChI is InChI=1S/C11H8FNO2/c1-15-11(14)7-2-3-8-9(12)4-5-13-10(8)6-7/h2-6H,1H3. The Balaban J connectivity index is 2.62. The van der Waals surface area contributed by atoms with E-state index in [2.05, 4.69) is 9.72 Å². The van der Waals surface area contributed by atoms with Crippen molar-refractivity contribution >= 4 is 16.9 Å². The summed E-state index contributed by atoms with van der Waals surface area (Å²) in [4.78, 5) is 15.2. The molecule has 0 bridgehead atoms. The number of halogens is 1. The molecule has 0 spiro atoms. The highest BCUT2D eigenvalue weighted by Gasteiger charge is 2.07. The van der Waals surface area contributed by atoms with Gasteiger partial charge in [-0.3, -0.25) is 4.98 Å². The largest absolute Gasteiger partial charge is 0.465 e. The van der Waals surface area contributed by atoms with Crippen molar-refractivity contribution in [3.8, 4) is 0 Å². The molecule has 3 nitrogen and oxygen atoms in total. The van der Waals surface area contributed by atoms with E-state index in [1.165, 1.54) is 37.6 Å². The van der Waals surface area contributed by atoms with E-state index in [0.717, 1.165) is 0 Å². The highest BCUT2D eigenvalue weighted by molar-refractivity contribution is 5.94. The fraction of sp³-hybridized carbons (Fsp3) is 0.0909. The first-order valence-corrected chi connectivity index (χ1v) is 4.35. The second kappa shape index (κ2) is 3.65. The molecule has 76 valence electrons. The van der Waals surface area contributed by atoms with Crippen molar-refractivity contribution < 1.29 is 13.9 Å². The second-order valence-corrected chi connectivity index (χ2v) is 3.02. The fourth-order valence-electron chi connectivity index (χ4n) is 1.36. The zero-order chi connectivity index (χ0) is 10.8. The average molecular weight is 205 g/mol. The zero-order valence-corrected chi connectivity index (χ0v) is 8.03. The molecule has 0 radical (unpaired) electrons. The molecule has 1 heterocycles. The van der Waals surface area contributed by atoms with Crippen molar-refractivity contribution in [3.63, 3.8) is 0 Å². The highest BCUT2D eigenvalue weighted by Crippen LogP contribution is 2.17. The normalized spacial score (nSPS) is 10.3. The number of carbonyl (C=O) groups is 1. The second-order valence-electron chi connectivity index (χ2n) is 3.02. The van der Waals surface area contributed by atoms with E-state index >= 15 is 0 Å². The number of aromatic nitrogens is 1. The Morgan fingerprint density at radius 3 is 2.93 bits per heavy atom. The van der Waals surface area contributed by atoms with E-state index in [1.54, 1.807) is 0 Å². The Morgan fingerprint density at radius 1 is 1.40 bits per heavy atom. The number of hydrogen-bond acceptors (Lipinski definition) is 3. The SMILES string of the molecule is COC(=O)c1ccc2c(F)ccnc2c1. The van der Waals surface area contributed by atoms with Gasteiger partial charge in [0.25, 0.3) is 0 Å². The van der Waals surface area contributed by atoms with Crippen LogP contribution in [0.2, 0.25) is 0 Å². The van der Waals surface area contributed by atoms with Crippen LogP contribution in [0, 0.1) is 5.82 Å². The van der Waals surface area contributed by atoms with Crippen LogP contribution in [0.4, 0.5) is 4.39 Å². The molecule has 0 saturated heterocycles. The molecule has 0 amide bonds. The van der Waals surface area contributed by atoms with Gasteiger partial charge in [-0.1, -0.05) is 0 Å². The minimum absolute atomic E-state index is 0.351. The summed E-state index contributed by atoms with van der Waals surface area (Å²) in [6.07, 6.45) is 1.36. The molecule has 0 aliphatic carbocycles. The summed E-state index contributed by atoms with van der Waals surface area (Å²) in [5, 5.41) is 0.394. The van der Waals surface area contributed by atoms with Gasteiger partial charge >= 0.3 is 5.97 Å². The molecule has 0 atom stereocenters. The van der Waals surface area contributed by atoms with Crippen molar-refractivity contribution in [2.24, 2.45) is 0 Å². The van der Waals surface area contributed by atoms with Gasteiger partial charge < -0.3 is 4.74 Å². The van der Waals surface area contributed by atoms with Crippen LogP contribution >= 0.6 is 0 Å². The number of rotatable bonds is 1. The van der Waals surface area contributed by atoms with Crippen molar-refractivity contribution in [2.75, 3.05) is 7.11 Å². The summed E-state index contributed by atoms with van der Waals surface area (Å²) in [6, 6.07) is 5.81. The summed E-state index contributed by atoms with van der Waals surface area (Å²) >= 11 is 0. The van der Waals surface area contributed by atoms with Crippen LogP contribution < -0.4 is 0 Å². The molecule has 0 saturated carbocycles.